The minimum absolute atomic E-state index is 0.0232. The van der Waals surface area contributed by atoms with Gasteiger partial charge in [0.15, 0.2) is 5.16 Å². The van der Waals surface area contributed by atoms with Gasteiger partial charge in [-0.05, 0) is 42.0 Å². The first-order chi connectivity index (χ1) is 14.9. The number of anilines is 1. The summed E-state index contributed by atoms with van der Waals surface area (Å²) in [5.41, 5.74) is 2.04. The van der Waals surface area contributed by atoms with E-state index in [2.05, 4.69) is 15.6 Å². The molecular weight excluding hydrogens is 459 g/mol. The van der Waals surface area contributed by atoms with Gasteiger partial charge < -0.3 is 20.3 Å². The van der Waals surface area contributed by atoms with Crippen LogP contribution in [0, 0.1) is 0 Å². The van der Waals surface area contributed by atoms with Crippen LogP contribution in [0.15, 0.2) is 59.9 Å². The van der Waals surface area contributed by atoms with Crippen molar-refractivity contribution in [3.63, 3.8) is 0 Å². The Morgan fingerprint density at radius 3 is 2.29 bits per heavy atom. The van der Waals surface area contributed by atoms with E-state index in [0.29, 0.717) is 33.1 Å². The molecule has 2 amide bonds. The molecule has 2 aromatic carbocycles. The molecule has 10 heteroatoms. The van der Waals surface area contributed by atoms with Crippen molar-refractivity contribution in [1.29, 1.82) is 0 Å². The van der Waals surface area contributed by atoms with Gasteiger partial charge in [0.05, 0.1) is 24.3 Å². The maximum Gasteiger partial charge on any atom is 0.240 e. The van der Waals surface area contributed by atoms with E-state index in [4.69, 9.17) is 23.2 Å². The van der Waals surface area contributed by atoms with Crippen molar-refractivity contribution in [2.45, 2.75) is 24.9 Å². The molecule has 1 aromatic heterocycles. The van der Waals surface area contributed by atoms with Gasteiger partial charge in [-0.2, -0.15) is 0 Å². The minimum Gasteiger partial charge on any atom is -0.390 e. The van der Waals surface area contributed by atoms with Crippen LogP contribution in [0.1, 0.15) is 11.3 Å². The monoisotopic (exact) mass is 478 g/mol. The molecule has 0 fully saturated rings. The van der Waals surface area contributed by atoms with Crippen molar-refractivity contribution >= 4 is 52.5 Å². The van der Waals surface area contributed by atoms with E-state index in [1.54, 1.807) is 41.0 Å². The smallest absolute Gasteiger partial charge is 0.240 e. The Morgan fingerprint density at radius 1 is 1.00 bits per heavy atom. The predicted octanol–water partition coefficient (Wildman–Crippen LogP) is 3.73. The fourth-order valence-corrected chi connectivity index (χ4v) is 3.71. The maximum absolute atomic E-state index is 12.4. The van der Waals surface area contributed by atoms with E-state index in [0.717, 1.165) is 5.56 Å². The Balaban J connectivity index is 1.56. The zero-order chi connectivity index (χ0) is 22.2. The van der Waals surface area contributed by atoms with Gasteiger partial charge in [0.1, 0.15) is 6.54 Å². The van der Waals surface area contributed by atoms with E-state index >= 15 is 0 Å². The molecule has 3 N–H and O–H groups in total. The lowest BCUT2D eigenvalue weighted by Gasteiger charge is -2.11. The zero-order valence-corrected chi connectivity index (χ0v) is 18.7. The molecule has 162 valence electrons. The number of amides is 2. The SMILES string of the molecule is O=C(Cn1c(CO)cnc1SCC(=O)Nc1ccc(Cl)cc1)NCc1ccc(Cl)cc1. The summed E-state index contributed by atoms with van der Waals surface area (Å²) in [6.07, 6.45) is 1.49. The van der Waals surface area contributed by atoms with E-state index < -0.39 is 0 Å². The molecule has 0 aliphatic rings. The van der Waals surface area contributed by atoms with Gasteiger partial charge in [-0.15, -0.1) is 0 Å². The van der Waals surface area contributed by atoms with Gasteiger partial charge in [-0.3, -0.25) is 9.59 Å². The van der Waals surface area contributed by atoms with Gasteiger partial charge in [0.25, 0.3) is 0 Å². The zero-order valence-electron chi connectivity index (χ0n) is 16.3. The summed E-state index contributed by atoms with van der Waals surface area (Å²) in [5, 5.41) is 16.8. The van der Waals surface area contributed by atoms with E-state index in [9.17, 15) is 14.7 Å². The number of aliphatic hydroxyl groups excluding tert-OH is 1. The number of thioether (sulfide) groups is 1. The van der Waals surface area contributed by atoms with Crippen molar-refractivity contribution in [3.05, 3.63) is 76.0 Å². The first kappa shape index (κ1) is 23.1. The van der Waals surface area contributed by atoms with Crippen LogP contribution in [0.5, 0.6) is 0 Å². The van der Waals surface area contributed by atoms with E-state index in [1.165, 1.54) is 18.0 Å². The van der Waals surface area contributed by atoms with Gasteiger partial charge in [0.2, 0.25) is 11.8 Å². The summed E-state index contributed by atoms with van der Waals surface area (Å²) >= 11 is 12.9. The average molecular weight is 479 g/mol. The molecule has 1 heterocycles. The summed E-state index contributed by atoms with van der Waals surface area (Å²) in [5.74, 6) is -0.369. The summed E-state index contributed by atoms with van der Waals surface area (Å²) < 4.78 is 1.59. The Bertz CT molecular complexity index is 1040. The Kier molecular flexibility index (Phi) is 8.36. The van der Waals surface area contributed by atoms with Crippen LogP contribution in [-0.2, 0) is 29.3 Å². The lowest BCUT2D eigenvalue weighted by molar-refractivity contribution is -0.122. The largest absolute Gasteiger partial charge is 0.390 e. The highest BCUT2D eigenvalue weighted by Crippen LogP contribution is 2.20. The third-order valence-corrected chi connectivity index (χ3v) is 5.72. The molecule has 3 aromatic rings. The standard InChI is InChI=1S/C21H20Cl2N4O3S/c22-15-3-1-14(2-4-15)9-24-19(29)11-27-18(12-28)10-25-21(27)31-13-20(30)26-17-7-5-16(23)6-8-17/h1-8,10,28H,9,11-13H2,(H,24,29)(H,26,30). The molecule has 7 nitrogen and oxygen atoms in total. The maximum atomic E-state index is 12.4. The molecular formula is C21H20Cl2N4O3S. The summed E-state index contributed by atoms with van der Waals surface area (Å²) in [7, 11) is 0. The summed E-state index contributed by atoms with van der Waals surface area (Å²) in [6, 6.07) is 14.0. The van der Waals surface area contributed by atoms with Crippen molar-refractivity contribution in [3.8, 4) is 0 Å². The molecule has 0 aliphatic heterocycles. The molecule has 31 heavy (non-hydrogen) atoms. The number of nitrogens with zero attached hydrogens (tertiary/aromatic N) is 2. The minimum atomic E-state index is -0.269. The van der Waals surface area contributed by atoms with Gasteiger partial charge in [-0.25, -0.2) is 4.98 Å². The summed E-state index contributed by atoms with van der Waals surface area (Å²) in [6.45, 7) is 0.0603. The van der Waals surface area contributed by atoms with Crippen molar-refractivity contribution in [2.24, 2.45) is 0 Å². The quantitative estimate of drug-likeness (QED) is 0.407. The fraction of sp³-hybridized carbons (Fsp3) is 0.190. The van der Waals surface area contributed by atoms with Crippen molar-refractivity contribution < 1.29 is 14.7 Å². The van der Waals surface area contributed by atoms with Gasteiger partial charge >= 0.3 is 0 Å². The number of aliphatic hydroxyl groups is 1. The number of hydrogen-bond acceptors (Lipinski definition) is 5. The van der Waals surface area contributed by atoms with Crippen LogP contribution in [0.2, 0.25) is 10.0 Å². The fourth-order valence-electron chi connectivity index (χ4n) is 2.67. The second-order valence-electron chi connectivity index (χ2n) is 6.52. The van der Waals surface area contributed by atoms with E-state index in [1.807, 2.05) is 12.1 Å². The van der Waals surface area contributed by atoms with Gasteiger partial charge in [-0.1, -0.05) is 47.1 Å². The molecule has 0 radical (unpaired) electrons. The number of carbonyl (C=O) groups excluding carboxylic acids is 2. The van der Waals surface area contributed by atoms with Crippen LogP contribution in [0.3, 0.4) is 0 Å². The summed E-state index contributed by atoms with van der Waals surface area (Å²) in [4.78, 5) is 28.9. The number of benzene rings is 2. The van der Waals surface area contributed by atoms with Crippen LogP contribution in [-0.4, -0.2) is 32.2 Å². The first-order valence-electron chi connectivity index (χ1n) is 9.29. The highest BCUT2D eigenvalue weighted by molar-refractivity contribution is 7.99. The van der Waals surface area contributed by atoms with Crippen LogP contribution in [0.4, 0.5) is 5.69 Å². The molecule has 0 bridgehead atoms. The second kappa shape index (κ2) is 11.2. The Hall–Kier alpha value is -2.52. The molecule has 0 aliphatic carbocycles. The molecule has 0 unspecified atom stereocenters. The number of halogens is 2. The highest BCUT2D eigenvalue weighted by atomic mass is 35.5. The number of carbonyl (C=O) groups is 2. The predicted molar refractivity (Wildman–Crippen MR) is 122 cm³/mol. The van der Waals surface area contributed by atoms with Crippen molar-refractivity contribution in [1.82, 2.24) is 14.9 Å². The van der Waals surface area contributed by atoms with Crippen LogP contribution < -0.4 is 10.6 Å². The number of imidazole rings is 1. The highest BCUT2D eigenvalue weighted by Gasteiger charge is 2.15. The Labute approximate surface area is 193 Å². The lowest BCUT2D eigenvalue weighted by Crippen LogP contribution is -2.28. The number of hydrogen-bond donors (Lipinski definition) is 3. The molecule has 0 spiro atoms. The van der Waals surface area contributed by atoms with Crippen LogP contribution >= 0.6 is 35.0 Å². The third kappa shape index (κ3) is 7.00. The van der Waals surface area contributed by atoms with Gasteiger partial charge in [0, 0.05) is 22.3 Å². The molecule has 0 saturated carbocycles. The topological polar surface area (TPSA) is 96.2 Å². The average Bonchev–Trinajstić information content (AvgIpc) is 3.15. The number of nitrogens with one attached hydrogen (secondary N) is 2. The normalized spacial score (nSPS) is 10.7. The molecule has 0 atom stereocenters. The molecule has 0 saturated heterocycles. The number of rotatable bonds is 9. The number of aromatic nitrogens is 2. The second-order valence-corrected chi connectivity index (χ2v) is 8.34. The van der Waals surface area contributed by atoms with Crippen molar-refractivity contribution in [2.75, 3.05) is 11.1 Å². The first-order valence-corrected chi connectivity index (χ1v) is 11.0. The molecule has 3 rings (SSSR count). The van der Waals surface area contributed by atoms with Crippen LogP contribution in [0.25, 0.3) is 0 Å². The Morgan fingerprint density at radius 2 is 1.65 bits per heavy atom. The lowest BCUT2D eigenvalue weighted by atomic mass is 10.2. The van der Waals surface area contributed by atoms with E-state index in [-0.39, 0.29) is 30.7 Å². The third-order valence-electron chi connectivity index (χ3n) is 4.23.